The third-order valence-corrected chi connectivity index (χ3v) is 6.18. The fourth-order valence-electron chi connectivity index (χ4n) is 4.27. The maximum Gasteiger partial charge on any atom is 0.270 e. The van der Waals surface area contributed by atoms with Crippen LogP contribution < -0.4 is 10.2 Å². The van der Waals surface area contributed by atoms with E-state index in [2.05, 4.69) is 35.9 Å². The Morgan fingerprint density at radius 3 is 2.48 bits per heavy atom. The Hall–Kier alpha value is -3.58. The second-order valence-electron chi connectivity index (χ2n) is 8.01. The highest BCUT2D eigenvalue weighted by Gasteiger charge is 2.36. The topological polar surface area (TPSA) is 54.3 Å². The lowest BCUT2D eigenvalue weighted by Crippen LogP contribution is -2.54. The van der Waals surface area contributed by atoms with Crippen molar-refractivity contribution in [1.29, 1.82) is 0 Å². The first-order chi connectivity index (χ1) is 15.7. The molecule has 2 heterocycles. The average molecular weight is 462 g/mol. The first-order valence-corrected chi connectivity index (χ1v) is 11.1. The van der Waals surface area contributed by atoms with E-state index >= 15 is 0 Å². The van der Waals surface area contributed by atoms with Gasteiger partial charge in [0.05, 0.1) is 11.4 Å². The lowest BCUT2D eigenvalue weighted by atomic mass is 10.0. The third-order valence-electron chi connectivity index (χ3n) is 5.89. The zero-order valence-electron chi connectivity index (χ0n) is 18.9. The maximum atomic E-state index is 14.4. The molecule has 0 spiro atoms. The van der Waals surface area contributed by atoms with Crippen LogP contribution in [0.2, 0.25) is 0 Å². The minimum absolute atomic E-state index is 0.00336. The van der Waals surface area contributed by atoms with Crippen LogP contribution in [-0.2, 0) is 16.0 Å². The first-order valence-electron chi connectivity index (χ1n) is 10.7. The maximum absolute atomic E-state index is 14.4. The van der Waals surface area contributed by atoms with Crippen LogP contribution in [0.4, 0.5) is 10.1 Å². The van der Waals surface area contributed by atoms with Crippen molar-refractivity contribution < 1.29 is 14.0 Å². The molecule has 3 aromatic rings. The molecule has 0 aliphatic carbocycles. The number of amides is 2. The Morgan fingerprint density at radius 1 is 1.06 bits per heavy atom. The molecule has 2 amide bonds. The van der Waals surface area contributed by atoms with E-state index in [4.69, 9.17) is 12.2 Å². The molecule has 0 bridgehead atoms. The molecule has 0 unspecified atom stereocenters. The molecule has 168 valence electrons. The summed E-state index contributed by atoms with van der Waals surface area (Å²) in [6.45, 7) is 8.12. The molecule has 7 heteroatoms. The van der Waals surface area contributed by atoms with Crippen LogP contribution in [0.25, 0.3) is 11.8 Å². The van der Waals surface area contributed by atoms with Gasteiger partial charge < -0.3 is 4.57 Å². The summed E-state index contributed by atoms with van der Waals surface area (Å²) in [5, 5.41) is 2.36. The molecule has 4 rings (SSSR count). The zero-order chi connectivity index (χ0) is 23.9. The van der Waals surface area contributed by atoms with E-state index in [0.717, 1.165) is 39.5 Å². The fraction of sp³-hybridized carbons (Fsp3) is 0.192. The van der Waals surface area contributed by atoms with Crippen LogP contribution in [-0.4, -0.2) is 21.5 Å². The second kappa shape index (κ2) is 8.75. The molecule has 0 saturated carbocycles. The number of nitrogens with one attached hydrogen (secondary N) is 1. The zero-order valence-corrected chi connectivity index (χ0v) is 19.7. The molecule has 1 saturated heterocycles. The lowest BCUT2D eigenvalue weighted by Gasteiger charge is -2.29. The van der Waals surface area contributed by atoms with Crippen LogP contribution in [0, 0.1) is 26.6 Å². The Kier molecular flexibility index (Phi) is 5.99. The minimum Gasteiger partial charge on any atom is -0.317 e. The molecule has 2 aromatic carbocycles. The quantitative estimate of drug-likeness (QED) is 0.340. The fourth-order valence-corrected chi connectivity index (χ4v) is 4.54. The summed E-state index contributed by atoms with van der Waals surface area (Å²) in [5.74, 6) is -1.87. The molecule has 1 aromatic heterocycles. The van der Waals surface area contributed by atoms with Gasteiger partial charge in [0.2, 0.25) is 0 Å². The van der Waals surface area contributed by atoms with E-state index in [9.17, 15) is 14.0 Å². The number of para-hydroxylation sites is 2. The SMILES string of the molecule is CCc1cccc(C)c1-n1c(C)cc(C=C2C(=O)NC(=S)N(c3ccccc3F)C2=O)c1C. The third kappa shape index (κ3) is 3.89. The van der Waals surface area contributed by atoms with Crippen molar-refractivity contribution in [3.63, 3.8) is 0 Å². The van der Waals surface area contributed by atoms with Crippen molar-refractivity contribution in [3.05, 3.63) is 88.0 Å². The summed E-state index contributed by atoms with van der Waals surface area (Å²) in [7, 11) is 0. The molecule has 1 aliphatic heterocycles. The van der Waals surface area contributed by atoms with Crippen molar-refractivity contribution in [1.82, 2.24) is 9.88 Å². The van der Waals surface area contributed by atoms with E-state index < -0.39 is 17.6 Å². The van der Waals surface area contributed by atoms with Crippen LogP contribution >= 0.6 is 12.2 Å². The van der Waals surface area contributed by atoms with Gasteiger partial charge in [0.1, 0.15) is 11.4 Å². The number of halogens is 1. The normalized spacial score (nSPS) is 15.4. The van der Waals surface area contributed by atoms with Crippen molar-refractivity contribution >= 4 is 40.9 Å². The van der Waals surface area contributed by atoms with Gasteiger partial charge in [-0.3, -0.25) is 14.9 Å². The number of hydrogen-bond donors (Lipinski definition) is 1. The van der Waals surface area contributed by atoms with Gasteiger partial charge in [-0.15, -0.1) is 0 Å². The molecule has 5 nitrogen and oxygen atoms in total. The summed E-state index contributed by atoms with van der Waals surface area (Å²) >= 11 is 5.17. The van der Waals surface area contributed by atoms with E-state index in [1.165, 1.54) is 23.8 Å². The molecule has 1 aliphatic rings. The van der Waals surface area contributed by atoms with E-state index in [1.807, 2.05) is 26.0 Å². The highest BCUT2D eigenvalue weighted by molar-refractivity contribution is 7.80. The Labute approximate surface area is 197 Å². The van der Waals surface area contributed by atoms with Gasteiger partial charge >= 0.3 is 0 Å². The summed E-state index contributed by atoms with van der Waals surface area (Å²) in [6, 6.07) is 14.0. The molecular weight excluding hydrogens is 437 g/mol. The standard InChI is InChI=1S/C26H24FN3O2S/c1-5-18-10-8-9-15(2)23(18)29-16(3)13-19(17(29)4)14-20-24(31)28-26(33)30(25(20)32)22-12-7-6-11-21(22)27/h6-14H,5H2,1-4H3,(H,28,31,33). The average Bonchev–Trinajstić information content (AvgIpc) is 3.05. The highest BCUT2D eigenvalue weighted by atomic mass is 32.1. The molecular formula is C26H24FN3O2S. The lowest BCUT2D eigenvalue weighted by molar-refractivity contribution is -0.122. The van der Waals surface area contributed by atoms with Gasteiger partial charge in [-0.25, -0.2) is 9.29 Å². The number of nitrogens with zero attached hydrogens (tertiary/aromatic N) is 2. The van der Waals surface area contributed by atoms with Crippen LogP contribution in [0.15, 0.2) is 54.1 Å². The number of aryl methyl sites for hydroxylation is 3. The number of rotatable bonds is 4. The second-order valence-corrected chi connectivity index (χ2v) is 8.39. The number of aromatic nitrogens is 1. The monoisotopic (exact) mass is 461 g/mol. The number of hydrogen-bond acceptors (Lipinski definition) is 3. The predicted octanol–water partition coefficient (Wildman–Crippen LogP) is 4.94. The van der Waals surface area contributed by atoms with E-state index in [-0.39, 0.29) is 16.4 Å². The minimum atomic E-state index is -0.663. The van der Waals surface area contributed by atoms with Gasteiger partial charge in [0.15, 0.2) is 5.11 Å². The van der Waals surface area contributed by atoms with Gasteiger partial charge in [0, 0.05) is 11.4 Å². The molecule has 1 N–H and O–H groups in total. The van der Waals surface area contributed by atoms with Crippen molar-refractivity contribution in [2.75, 3.05) is 4.90 Å². The van der Waals surface area contributed by atoms with Gasteiger partial charge in [-0.05, 0) is 80.4 Å². The smallest absolute Gasteiger partial charge is 0.270 e. The van der Waals surface area contributed by atoms with Crippen molar-refractivity contribution in [3.8, 4) is 5.69 Å². The Balaban J connectivity index is 1.82. The van der Waals surface area contributed by atoms with Crippen LogP contribution in [0.1, 0.15) is 35.0 Å². The molecule has 0 atom stereocenters. The number of benzene rings is 2. The van der Waals surface area contributed by atoms with Gasteiger partial charge in [-0.1, -0.05) is 37.3 Å². The summed E-state index contributed by atoms with van der Waals surface area (Å²) in [6.07, 6.45) is 2.43. The number of thiocarbonyl (C=S) groups is 1. The highest BCUT2D eigenvalue weighted by Crippen LogP contribution is 2.29. The van der Waals surface area contributed by atoms with E-state index in [1.54, 1.807) is 12.1 Å². The van der Waals surface area contributed by atoms with Crippen molar-refractivity contribution in [2.24, 2.45) is 0 Å². The molecule has 33 heavy (non-hydrogen) atoms. The van der Waals surface area contributed by atoms with Crippen LogP contribution in [0.3, 0.4) is 0 Å². The number of carbonyl (C=O) groups excluding carboxylic acids is 2. The first kappa shape index (κ1) is 22.6. The molecule has 1 fully saturated rings. The predicted molar refractivity (Wildman–Crippen MR) is 132 cm³/mol. The number of carbonyl (C=O) groups is 2. The summed E-state index contributed by atoms with van der Waals surface area (Å²) in [5.41, 5.74) is 5.95. The molecule has 0 radical (unpaired) electrons. The Morgan fingerprint density at radius 2 is 1.79 bits per heavy atom. The largest absolute Gasteiger partial charge is 0.317 e. The summed E-state index contributed by atoms with van der Waals surface area (Å²) < 4.78 is 16.5. The summed E-state index contributed by atoms with van der Waals surface area (Å²) in [4.78, 5) is 27.0. The van der Waals surface area contributed by atoms with Gasteiger partial charge in [-0.2, -0.15) is 0 Å². The number of anilines is 1. The van der Waals surface area contributed by atoms with Crippen LogP contribution in [0.5, 0.6) is 0 Å². The van der Waals surface area contributed by atoms with Gasteiger partial charge in [0.25, 0.3) is 11.8 Å². The Bertz CT molecular complexity index is 1340. The van der Waals surface area contributed by atoms with E-state index in [0.29, 0.717) is 0 Å². The van der Waals surface area contributed by atoms with Crippen molar-refractivity contribution in [2.45, 2.75) is 34.1 Å².